The van der Waals surface area contributed by atoms with Crippen LogP contribution in [0.5, 0.6) is 5.75 Å². The molecule has 2 rings (SSSR count). The fraction of sp³-hybridized carbons (Fsp3) is 0.333. The molecule has 0 bridgehead atoms. The van der Waals surface area contributed by atoms with E-state index >= 15 is 0 Å². The van der Waals surface area contributed by atoms with E-state index in [1.165, 1.54) is 25.3 Å². The number of hydrogen-bond donors (Lipinski definition) is 0. The van der Waals surface area contributed by atoms with Crippen LogP contribution in [0.3, 0.4) is 0 Å². The monoisotopic (exact) mass is 204 g/mol. The highest BCUT2D eigenvalue weighted by Crippen LogP contribution is 2.41. The molecule has 1 aliphatic carbocycles. The Morgan fingerprint density at radius 1 is 1.47 bits per heavy atom. The molecule has 1 fully saturated rings. The highest BCUT2D eigenvalue weighted by Gasteiger charge is 2.24. The molecule has 0 spiro atoms. The van der Waals surface area contributed by atoms with Gasteiger partial charge in [-0.1, -0.05) is 6.07 Å². The van der Waals surface area contributed by atoms with Crippen molar-refractivity contribution < 1.29 is 14.3 Å². The Morgan fingerprint density at radius 2 is 2.20 bits per heavy atom. The molecule has 1 aliphatic rings. The normalized spacial score (nSPS) is 14.7. The number of benzene rings is 1. The maximum atomic E-state index is 11.3. The second-order valence-corrected chi connectivity index (χ2v) is 3.80. The number of Topliss-reactive ketones (excluding diaryl/α,β-unsaturated/α-hetero) is 1. The molecule has 0 amide bonds. The number of rotatable bonds is 4. The Morgan fingerprint density at radius 3 is 2.73 bits per heavy atom. The molecule has 1 aromatic carbocycles. The second-order valence-electron chi connectivity index (χ2n) is 3.80. The SMILES string of the molecule is CC(=O)c1cc(C2CC2)ccc1OC=O. The molecule has 0 saturated heterocycles. The van der Waals surface area contributed by atoms with Crippen molar-refractivity contribution in [1.29, 1.82) is 0 Å². The topological polar surface area (TPSA) is 43.4 Å². The summed E-state index contributed by atoms with van der Waals surface area (Å²) in [6.07, 6.45) is 2.37. The summed E-state index contributed by atoms with van der Waals surface area (Å²) in [7, 11) is 0. The van der Waals surface area contributed by atoms with E-state index in [0.29, 0.717) is 23.7 Å². The van der Waals surface area contributed by atoms with Crippen molar-refractivity contribution in [3.63, 3.8) is 0 Å². The Hall–Kier alpha value is -1.64. The average molecular weight is 204 g/mol. The van der Waals surface area contributed by atoms with Crippen LogP contribution in [0.4, 0.5) is 0 Å². The van der Waals surface area contributed by atoms with Gasteiger partial charge < -0.3 is 4.74 Å². The summed E-state index contributed by atoms with van der Waals surface area (Å²) in [5, 5.41) is 0. The summed E-state index contributed by atoms with van der Waals surface area (Å²) < 4.78 is 4.75. The summed E-state index contributed by atoms with van der Waals surface area (Å²) in [6.45, 7) is 1.82. The largest absolute Gasteiger partial charge is 0.428 e. The van der Waals surface area contributed by atoms with Gasteiger partial charge in [-0.05, 0) is 43.4 Å². The molecule has 0 heterocycles. The van der Waals surface area contributed by atoms with Gasteiger partial charge in [0.15, 0.2) is 5.78 Å². The number of hydrogen-bond acceptors (Lipinski definition) is 3. The summed E-state index contributed by atoms with van der Waals surface area (Å²) in [6, 6.07) is 5.44. The Labute approximate surface area is 88.1 Å². The maximum Gasteiger partial charge on any atom is 0.298 e. The lowest BCUT2D eigenvalue weighted by atomic mass is 10.0. The Bertz CT molecular complexity index is 405. The molecular formula is C12H12O3. The van der Waals surface area contributed by atoms with Crippen LogP contribution in [0.25, 0.3) is 0 Å². The van der Waals surface area contributed by atoms with Crippen LogP contribution in [0, 0.1) is 0 Å². The minimum absolute atomic E-state index is 0.0747. The first-order chi connectivity index (χ1) is 7.22. The lowest BCUT2D eigenvalue weighted by Crippen LogP contribution is -2.00. The molecule has 1 saturated carbocycles. The van der Waals surface area contributed by atoms with Crippen LogP contribution in [0.1, 0.15) is 41.6 Å². The van der Waals surface area contributed by atoms with Gasteiger partial charge in [-0.25, -0.2) is 0 Å². The molecule has 0 aromatic heterocycles. The van der Waals surface area contributed by atoms with E-state index in [4.69, 9.17) is 4.74 Å². The third kappa shape index (κ3) is 2.06. The first-order valence-corrected chi connectivity index (χ1v) is 4.97. The van der Waals surface area contributed by atoms with Gasteiger partial charge in [0.1, 0.15) is 5.75 Å². The molecule has 0 atom stereocenters. The van der Waals surface area contributed by atoms with Gasteiger partial charge >= 0.3 is 0 Å². The second kappa shape index (κ2) is 3.85. The van der Waals surface area contributed by atoms with Crippen molar-refractivity contribution in [1.82, 2.24) is 0 Å². The number of carbonyl (C=O) groups excluding carboxylic acids is 2. The Balaban J connectivity index is 2.38. The third-order valence-corrected chi connectivity index (χ3v) is 2.61. The van der Waals surface area contributed by atoms with E-state index in [9.17, 15) is 9.59 Å². The zero-order valence-corrected chi connectivity index (χ0v) is 8.53. The van der Waals surface area contributed by atoms with Crippen molar-refractivity contribution in [2.75, 3.05) is 0 Å². The highest BCUT2D eigenvalue weighted by molar-refractivity contribution is 5.97. The van der Waals surface area contributed by atoms with E-state index in [1.807, 2.05) is 12.1 Å². The fourth-order valence-corrected chi connectivity index (χ4v) is 1.65. The predicted molar refractivity (Wildman–Crippen MR) is 55.1 cm³/mol. The van der Waals surface area contributed by atoms with Crippen molar-refractivity contribution in [3.05, 3.63) is 29.3 Å². The molecule has 0 N–H and O–H groups in total. The first kappa shape index (κ1) is 9.90. The van der Waals surface area contributed by atoms with Gasteiger partial charge in [0, 0.05) is 0 Å². The van der Waals surface area contributed by atoms with Crippen LogP contribution in [0.15, 0.2) is 18.2 Å². The summed E-state index contributed by atoms with van der Waals surface area (Å²) in [5.41, 5.74) is 1.66. The predicted octanol–water partition coefficient (Wildman–Crippen LogP) is 2.30. The van der Waals surface area contributed by atoms with E-state index in [1.54, 1.807) is 6.07 Å². The molecule has 78 valence electrons. The fourth-order valence-electron chi connectivity index (χ4n) is 1.65. The average Bonchev–Trinajstić information content (AvgIpc) is 3.02. The van der Waals surface area contributed by atoms with Crippen LogP contribution in [-0.2, 0) is 4.79 Å². The molecule has 0 aliphatic heterocycles. The summed E-state index contributed by atoms with van der Waals surface area (Å²) >= 11 is 0. The van der Waals surface area contributed by atoms with Gasteiger partial charge in [-0.3, -0.25) is 9.59 Å². The van der Waals surface area contributed by atoms with Gasteiger partial charge in [0.2, 0.25) is 0 Å². The van der Waals surface area contributed by atoms with Gasteiger partial charge in [0.25, 0.3) is 6.47 Å². The quantitative estimate of drug-likeness (QED) is 0.558. The smallest absolute Gasteiger partial charge is 0.298 e. The molecular weight excluding hydrogens is 192 g/mol. The molecule has 3 heteroatoms. The van der Waals surface area contributed by atoms with Crippen LogP contribution < -0.4 is 4.74 Å². The van der Waals surface area contributed by atoms with E-state index in [0.717, 1.165) is 0 Å². The Kier molecular flexibility index (Phi) is 2.54. The minimum Gasteiger partial charge on any atom is -0.428 e. The van der Waals surface area contributed by atoms with E-state index < -0.39 is 0 Å². The summed E-state index contributed by atoms with van der Waals surface area (Å²) in [5.74, 6) is 0.865. The van der Waals surface area contributed by atoms with Crippen molar-refractivity contribution >= 4 is 12.3 Å². The third-order valence-electron chi connectivity index (χ3n) is 2.61. The van der Waals surface area contributed by atoms with Crippen molar-refractivity contribution in [2.24, 2.45) is 0 Å². The maximum absolute atomic E-state index is 11.3. The van der Waals surface area contributed by atoms with Crippen LogP contribution in [0.2, 0.25) is 0 Å². The molecule has 3 nitrogen and oxygen atoms in total. The van der Waals surface area contributed by atoms with Crippen molar-refractivity contribution in [2.45, 2.75) is 25.7 Å². The van der Waals surface area contributed by atoms with E-state index in [2.05, 4.69) is 0 Å². The molecule has 1 aromatic rings. The van der Waals surface area contributed by atoms with Crippen LogP contribution in [-0.4, -0.2) is 12.3 Å². The standard InChI is InChI=1S/C12H12O3/c1-8(14)11-6-10(9-2-3-9)4-5-12(11)15-7-13/h4-7,9H,2-3H2,1H3. The zero-order valence-electron chi connectivity index (χ0n) is 8.53. The molecule has 0 radical (unpaired) electrons. The van der Waals surface area contributed by atoms with Crippen molar-refractivity contribution in [3.8, 4) is 5.75 Å². The first-order valence-electron chi connectivity index (χ1n) is 4.97. The number of carbonyl (C=O) groups is 2. The molecule has 0 unspecified atom stereocenters. The molecule has 15 heavy (non-hydrogen) atoms. The minimum atomic E-state index is -0.0747. The van der Waals surface area contributed by atoms with E-state index in [-0.39, 0.29) is 5.78 Å². The lowest BCUT2D eigenvalue weighted by molar-refractivity contribution is -0.120. The zero-order chi connectivity index (χ0) is 10.8. The number of ether oxygens (including phenoxy) is 1. The van der Waals surface area contributed by atoms with Gasteiger partial charge in [-0.15, -0.1) is 0 Å². The summed E-state index contributed by atoms with van der Waals surface area (Å²) in [4.78, 5) is 21.6. The van der Waals surface area contributed by atoms with Crippen LogP contribution >= 0.6 is 0 Å². The van der Waals surface area contributed by atoms with Gasteiger partial charge in [-0.2, -0.15) is 0 Å². The number of ketones is 1. The van der Waals surface area contributed by atoms with Gasteiger partial charge in [0.05, 0.1) is 5.56 Å². The lowest BCUT2D eigenvalue weighted by Gasteiger charge is -2.06. The highest BCUT2D eigenvalue weighted by atomic mass is 16.5.